The average Bonchev–Trinajstić information content (AvgIpc) is 3.42. The lowest BCUT2D eigenvalue weighted by Gasteiger charge is -2.16. The summed E-state index contributed by atoms with van der Waals surface area (Å²) in [7, 11) is 1.90. The molecular formula is C20H25N7O. The molecule has 0 bridgehead atoms. The monoisotopic (exact) mass is 379 g/mol. The first kappa shape index (κ1) is 18.2. The Morgan fingerprint density at radius 2 is 2.04 bits per heavy atom. The lowest BCUT2D eigenvalue weighted by Crippen LogP contribution is -2.23. The van der Waals surface area contributed by atoms with Crippen molar-refractivity contribution < 1.29 is 4.79 Å². The van der Waals surface area contributed by atoms with Gasteiger partial charge in [-0.2, -0.15) is 10.2 Å². The van der Waals surface area contributed by atoms with E-state index < -0.39 is 0 Å². The number of aromatic nitrogens is 5. The molecule has 0 spiro atoms. The molecule has 4 rings (SSSR count). The molecule has 1 fully saturated rings. The molecule has 0 aromatic carbocycles. The predicted molar refractivity (Wildman–Crippen MR) is 107 cm³/mol. The Morgan fingerprint density at radius 1 is 1.25 bits per heavy atom. The van der Waals surface area contributed by atoms with E-state index in [4.69, 9.17) is 0 Å². The van der Waals surface area contributed by atoms with Gasteiger partial charge in [-0.15, -0.1) is 0 Å². The van der Waals surface area contributed by atoms with Crippen LogP contribution in [0.3, 0.4) is 0 Å². The van der Waals surface area contributed by atoms with E-state index in [1.807, 2.05) is 43.9 Å². The highest BCUT2D eigenvalue weighted by molar-refractivity contribution is 5.93. The fourth-order valence-electron chi connectivity index (χ4n) is 3.64. The maximum Gasteiger partial charge on any atom is 0.269 e. The summed E-state index contributed by atoms with van der Waals surface area (Å²) in [4.78, 5) is 19.3. The number of rotatable bonds is 5. The van der Waals surface area contributed by atoms with E-state index in [9.17, 15) is 4.79 Å². The highest BCUT2D eigenvalue weighted by Crippen LogP contribution is 2.25. The number of amides is 1. The SMILES string of the molecule is Cc1nn(C)c(C)c1-c1cc(C(=O)NCc2ccc(N3CCCC3)nc2)[nH]n1. The number of aryl methyl sites for hydroxylation is 2. The number of nitrogens with one attached hydrogen (secondary N) is 2. The van der Waals surface area contributed by atoms with Gasteiger partial charge in [-0.3, -0.25) is 14.6 Å². The van der Waals surface area contributed by atoms with Crippen molar-refractivity contribution in [2.75, 3.05) is 18.0 Å². The van der Waals surface area contributed by atoms with Gasteiger partial charge in [0.05, 0.1) is 11.4 Å². The Hall–Kier alpha value is -3.16. The Balaban J connectivity index is 1.40. The molecular weight excluding hydrogens is 354 g/mol. The second kappa shape index (κ2) is 7.46. The molecule has 0 radical (unpaired) electrons. The van der Waals surface area contributed by atoms with Gasteiger partial charge in [-0.1, -0.05) is 6.07 Å². The van der Waals surface area contributed by atoms with Gasteiger partial charge >= 0.3 is 0 Å². The smallest absolute Gasteiger partial charge is 0.269 e. The third kappa shape index (κ3) is 3.49. The number of H-pyrrole nitrogens is 1. The van der Waals surface area contributed by atoms with Crippen LogP contribution in [0, 0.1) is 13.8 Å². The van der Waals surface area contributed by atoms with Crippen LogP contribution in [0.1, 0.15) is 40.3 Å². The summed E-state index contributed by atoms with van der Waals surface area (Å²) in [6.07, 6.45) is 4.28. The molecule has 1 amide bonds. The lowest BCUT2D eigenvalue weighted by molar-refractivity contribution is 0.0946. The highest BCUT2D eigenvalue weighted by Gasteiger charge is 2.17. The standard InChI is InChI=1S/C20H25N7O/c1-13-19(14(2)26(3)25-13)16-10-17(24-23-16)20(28)22-12-15-6-7-18(21-11-15)27-8-4-5-9-27/h6-7,10-11H,4-5,8-9,12H2,1-3H3,(H,22,28)(H,23,24). The number of hydrogen-bond acceptors (Lipinski definition) is 5. The zero-order valence-corrected chi connectivity index (χ0v) is 16.5. The van der Waals surface area contributed by atoms with Gasteiger partial charge in [0.2, 0.25) is 0 Å². The fraction of sp³-hybridized carbons (Fsp3) is 0.400. The highest BCUT2D eigenvalue weighted by atomic mass is 16.1. The van der Waals surface area contributed by atoms with E-state index in [0.29, 0.717) is 12.2 Å². The van der Waals surface area contributed by atoms with Crippen molar-refractivity contribution in [3.8, 4) is 11.3 Å². The minimum absolute atomic E-state index is 0.193. The van der Waals surface area contributed by atoms with Gasteiger partial charge in [0.25, 0.3) is 5.91 Å². The quantitative estimate of drug-likeness (QED) is 0.710. The summed E-state index contributed by atoms with van der Waals surface area (Å²) in [5, 5.41) is 14.4. The maximum absolute atomic E-state index is 12.5. The van der Waals surface area contributed by atoms with Crippen molar-refractivity contribution in [2.24, 2.45) is 7.05 Å². The molecule has 8 nitrogen and oxygen atoms in total. The molecule has 2 N–H and O–H groups in total. The second-order valence-electron chi connectivity index (χ2n) is 7.24. The first-order chi connectivity index (χ1) is 13.5. The number of aromatic amines is 1. The van der Waals surface area contributed by atoms with Gasteiger partial charge in [-0.05, 0) is 44.4 Å². The molecule has 4 heterocycles. The maximum atomic E-state index is 12.5. The predicted octanol–water partition coefficient (Wildman–Crippen LogP) is 2.35. The Kier molecular flexibility index (Phi) is 4.85. The lowest BCUT2D eigenvalue weighted by atomic mass is 10.1. The van der Waals surface area contributed by atoms with Gasteiger partial charge in [-0.25, -0.2) is 4.98 Å². The Labute approximate surface area is 164 Å². The van der Waals surface area contributed by atoms with E-state index in [1.165, 1.54) is 12.8 Å². The van der Waals surface area contributed by atoms with Crippen molar-refractivity contribution >= 4 is 11.7 Å². The normalized spacial score (nSPS) is 13.9. The van der Waals surface area contributed by atoms with Crippen LogP contribution in [0.25, 0.3) is 11.3 Å². The molecule has 0 unspecified atom stereocenters. The molecule has 0 saturated carbocycles. The largest absolute Gasteiger partial charge is 0.357 e. The summed E-state index contributed by atoms with van der Waals surface area (Å²) < 4.78 is 1.82. The summed E-state index contributed by atoms with van der Waals surface area (Å²) >= 11 is 0. The Bertz CT molecular complexity index is 981. The minimum atomic E-state index is -0.193. The van der Waals surface area contributed by atoms with E-state index in [-0.39, 0.29) is 5.91 Å². The average molecular weight is 379 g/mol. The Morgan fingerprint density at radius 3 is 2.68 bits per heavy atom. The van der Waals surface area contributed by atoms with Crippen LogP contribution >= 0.6 is 0 Å². The molecule has 28 heavy (non-hydrogen) atoms. The first-order valence-corrected chi connectivity index (χ1v) is 9.57. The second-order valence-corrected chi connectivity index (χ2v) is 7.24. The molecule has 146 valence electrons. The number of carbonyl (C=O) groups excluding carboxylic acids is 1. The van der Waals surface area contributed by atoms with Gasteiger partial charge in [0.15, 0.2) is 0 Å². The van der Waals surface area contributed by atoms with Gasteiger partial charge in [0.1, 0.15) is 11.5 Å². The topological polar surface area (TPSA) is 91.7 Å². The zero-order valence-electron chi connectivity index (χ0n) is 16.5. The number of carbonyl (C=O) groups is 1. The summed E-state index contributed by atoms with van der Waals surface area (Å²) in [6.45, 7) is 6.49. The van der Waals surface area contributed by atoms with Crippen LogP contribution in [-0.2, 0) is 13.6 Å². The van der Waals surface area contributed by atoms with Crippen LogP contribution in [-0.4, -0.2) is 44.0 Å². The molecule has 1 saturated heterocycles. The van der Waals surface area contributed by atoms with Crippen LogP contribution in [0.5, 0.6) is 0 Å². The van der Waals surface area contributed by atoms with Crippen molar-refractivity contribution in [3.63, 3.8) is 0 Å². The van der Waals surface area contributed by atoms with E-state index >= 15 is 0 Å². The zero-order chi connectivity index (χ0) is 19.7. The van der Waals surface area contributed by atoms with Crippen LogP contribution < -0.4 is 10.2 Å². The molecule has 3 aromatic heterocycles. The molecule has 0 aliphatic carbocycles. The number of anilines is 1. The van der Waals surface area contributed by atoms with Gasteiger partial charge in [0, 0.05) is 44.1 Å². The van der Waals surface area contributed by atoms with Crippen LogP contribution in [0.2, 0.25) is 0 Å². The van der Waals surface area contributed by atoms with Crippen LogP contribution in [0.4, 0.5) is 5.82 Å². The number of nitrogens with zero attached hydrogens (tertiary/aromatic N) is 5. The van der Waals surface area contributed by atoms with Crippen molar-refractivity contribution in [3.05, 3.63) is 47.0 Å². The molecule has 1 aliphatic rings. The first-order valence-electron chi connectivity index (χ1n) is 9.57. The molecule has 3 aromatic rings. The van der Waals surface area contributed by atoms with Crippen molar-refractivity contribution in [1.82, 2.24) is 30.3 Å². The molecule has 8 heteroatoms. The number of pyridine rings is 1. The van der Waals surface area contributed by atoms with Crippen LogP contribution in [0.15, 0.2) is 24.4 Å². The fourth-order valence-corrected chi connectivity index (χ4v) is 3.64. The summed E-state index contributed by atoms with van der Waals surface area (Å²) in [5.41, 5.74) is 4.99. The van der Waals surface area contributed by atoms with E-state index in [2.05, 4.69) is 30.5 Å². The molecule has 0 atom stereocenters. The molecule has 1 aliphatic heterocycles. The summed E-state index contributed by atoms with van der Waals surface area (Å²) in [6, 6.07) is 5.80. The van der Waals surface area contributed by atoms with E-state index in [1.54, 1.807) is 6.07 Å². The minimum Gasteiger partial charge on any atom is -0.357 e. The number of hydrogen-bond donors (Lipinski definition) is 2. The summed E-state index contributed by atoms with van der Waals surface area (Å²) in [5.74, 6) is 0.814. The third-order valence-corrected chi connectivity index (χ3v) is 5.28. The third-order valence-electron chi connectivity index (χ3n) is 5.28. The van der Waals surface area contributed by atoms with Crippen molar-refractivity contribution in [2.45, 2.75) is 33.2 Å². The van der Waals surface area contributed by atoms with E-state index in [0.717, 1.165) is 47.1 Å². The van der Waals surface area contributed by atoms with Crippen molar-refractivity contribution in [1.29, 1.82) is 0 Å². The van der Waals surface area contributed by atoms with Gasteiger partial charge < -0.3 is 10.2 Å².